The van der Waals surface area contributed by atoms with Crippen LogP contribution in [0, 0.1) is 0 Å². The lowest BCUT2D eigenvalue weighted by Crippen LogP contribution is -2.72. The highest BCUT2D eigenvalue weighted by atomic mass is 16.8. The molecule has 0 aliphatic carbocycles. The van der Waals surface area contributed by atoms with Crippen molar-refractivity contribution in [2.45, 2.75) is 386 Å². The molecule has 61 heteroatoms. The average molecular weight is 2030 g/mol. The lowest BCUT2D eigenvalue weighted by Gasteiger charge is -2.52. The molecule has 139 heavy (non-hydrogen) atoms. The Hall–Kier alpha value is -5.14. The number of aliphatic hydroxyl groups excluding tert-OH is 28. The molecule has 34 N–H and O–H groups in total. The summed E-state index contributed by atoms with van der Waals surface area (Å²) in [6.45, 7) is -4.93. The van der Waals surface area contributed by atoms with E-state index in [4.69, 9.17) is 99.5 Å². The van der Waals surface area contributed by atoms with Crippen molar-refractivity contribution in [2.24, 2.45) is 0 Å². The van der Waals surface area contributed by atoms with Crippen LogP contribution in [0.5, 0.6) is 0 Å². The van der Waals surface area contributed by atoms with Gasteiger partial charge in [-0.2, -0.15) is 0 Å². The fraction of sp³-hybridized carbons (Fsp3) is 0.923. The monoisotopic (exact) mass is 2030 g/mol. The zero-order valence-electron chi connectivity index (χ0n) is 75.4. The van der Waals surface area contributed by atoms with Crippen molar-refractivity contribution in [3.05, 3.63) is 0 Å². The van der Waals surface area contributed by atoms with Crippen LogP contribution < -0.4 is 31.9 Å². The summed E-state index contributed by atoms with van der Waals surface area (Å²) in [5.74, 6) is -5.68. The molecular weight excluding hydrogens is 1900 g/mol. The largest absolute Gasteiger partial charge is 0.394 e. The van der Waals surface area contributed by atoms with E-state index < -0.39 is 439 Å². The summed E-state index contributed by atoms with van der Waals surface area (Å²) >= 11 is 0. The highest BCUT2D eigenvalue weighted by molar-refractivity contribution is 5.75. The third-order valence-electron chi connectivity index (χ3n) is 25.3. The van der Waals surface area contributed by atoms with Crippen LogP contribution in [0.25, 0.3) is 0 Å². The van der Waals surface area contributed by atoms with Crippen LogP contribution in [0.4, 0.5) is 0 Å². The Bertz CT molecular complexity index is 3900. The van der Waals surface area contributed by atoms with Crippen LogP contribution in [0.3, 0.4) is 0 Å². The lowest BCUT2D eigenvalue weighted by atomic mass is 9.93. The minimum absolute atomic E-state index is 0.831. The van der Waals surface area contributed by atoms with Gasteiger partial charge in [0.05, 0.1) is 72.2 Å². The number of rotatable bonds is 36. The predicted octanol–water partition coefficient (Wildman–Crippen LogP) is -23.1. The molecule has 6 amide bonds. The SMILES string of the molecule is CC(=O)N[C@@H]1[C@H](O[C@@H]2[C@@H](O[C@@H]3[C@H](O)[C@H](O[C@H]4[C@H](O)[C@@H](NC(C)=O)[C@H](O[C@H]5[C@H](O)[C@@H](NC(C)=O)[C@H](O)O[C@@H]5CO)O[C@@H]4CO)O[C@H](CO[C@H]4O[C@H](CO[C@@H]5O[C@H](CO)[C@@H](O)[C@H](O)[C@H]5NC(C)=O)[C@@H](O)[C@H](O)[C@@H]4O[C@@H]4O[C@H](CO)[C@@H](O)[C@H](O)[C@H]4NC(C)=O)[C@H]3O)O[C@H](CO)[C@@H](O[C@@H]3O[C@H](CO)[C@@H](O[C@@H]4O[C@H](CO)[C@H](O)[C@H](O)[C@H]4O)[C@H](O[C@@H]4O[C@@H](C)[C@@H](O)[C@@H](O)[C@@H]4O)[C@H]3NC(C)=O)[C@@H]2O)O[C@H](CO)[C@@H](O)[C@@H]1O. The molecule has 11 rings (SSSR count). The standard InChI is InChI=1S/C78H130N6O55/c1-18-41(99)53(111)56(114)74(121-18)136-64-40(84-24(7)98)73(128-32(15-92)63(64)135-75-57(115)54(112)45(103)28(11-88)126-75)133-62-31(14-91)129-78(67(58(62)116)139-71-38(82-22(5)96)50(108)44(102)27(10-87)125-71)137-65-47(105)34(130-76(59(65)117)134-61-30(13-90)127-72(39(52(61)110)83-23(6)97)132-60-29(12-89)122-68(118)35(51(60)109)79-19(2)93)17-120-77-66(138-70-37(81-21(4)95)49(107)43(101)26(9-86)124-70)55(113)46(104)33(131-77)16-119-69-36(80-20(3)94)48(106)42(100)25(8-85)123-69/h18,25-78,85-92,99-118H,8-17H2,1-7H3,(H,79,93)(H,80,94)(H,81,95)(H,82,96)(H,83,97)(H,84,98)/t18-,25+,26+,27+,28+,29+,30+,31+,32+,33+,34+,35+,36+,37+,38-,39+,40+,41+,42+,43+,44+,45-,46+,47+,48+,49+,50+,51+,52+,53+,54-,55-,56-,57+,58-,59-,60+,61+,62+,63+,64+,65-,66-,67-,68+,69+,70-,71-,72-,73-,74-,75-,76-,77-,78+/m0/s1. The van der Waals surface area contributed by atoms with E-state index >= 15 is 0 Å². The van der Waals surface area contributed by atoms with Gasteiger partial charge in [-0.3, -0.25) is 28.8 Å². The van der Waals surface area contributed by atoms with E-state index in [9.17, 15) is 172 Å². The molecule has 11 saturated heterocycles. The third-order valence-corrected chi connectivity index (χ3v) is 25.3. The highest BCUT2D eigenvalue weighted by Gasteiger charge is 2.64. The first-order valence-electron chi connectivity index (χ1n) is 44.5. The van der Waals surface area contributed by atoms with E-state index in [1.165, 1.54) is 6.92 Å². The maximum absolute atomic E-state index is 13.7. The summed E-state index contributed by atoms with van der Waals surface area (Å²) in [6.07, 6.45) is -106. The number of hydrogen-bond donors (Lipinski definition) is 34. The topological polar surface area (TPSA) is 935 Å². The second-order valence-corrected chi connectivity index (χ2v) is 35.3. The molecule has 0 bridgehead atoms. The molecular formula is C78H130N6O55. The van der Waals surface area contributed by atoms with Crippen molar-refractivity contribution in [1.29, 1.82) is 0 Å². The number of amides is 6. The van der Waals surface area contributed by atoms with Crippen LogP contribution in [-0.4, -0.2) is 582 Å². The molecule has 0 aromatic carbocycles. The van der Waals surface area contributed by atoms with E-state index in [0.29, 0.717) is 0 Å². The Kier molecular flexibility index (Phi) is 41.1. The Labute approximate surface area is 788 Å². The van der Waals surface area contributed by atoms with E-state index in [1.54, 1.807) is 0 Å². The van der Waals surface area contributed by atoms with Gasteiger partial charge in [0.25, 0.3) is 0 Å². The molecule has 0 aromatic rings. The van der Waals surface area contributed by atoms with Gasteiger partial charge in [-0.05, 0) is 6.92 Å². The van der Waals surface area contributed by atoms with E-state index in [1.807, 2.05) is 0 Å². The van der Waals surface area contributed by atoms with Crippen LogP contribution in [0.2, 0.25) is 0 Å². The third kappa shape index (κ3) is 25.8. The number of nitrogens with one attached hydrogen (secondary N) is 6. The van der Waals surface area contributed by atoms with E-state index in [-0.39, 0.29) is 0 Å². The van der Waals surface area contributed by atoms with Crippen LogP contribution in [-0.2, 0) is 128 Å². The number of carbonyl (C=O) groups excluding carboxylic acids is 6. The maximum Gasteiger partial charge on any atom is 0.217 e. The first-order valence-corrected chi connectivity index (χ1v) is 44.5. The van der Waals surface area contributed by atoms with Crippen molar-refractivity contribution in [3.8, 4) is 0 Å². The van der Waals surface area contributed by atoms with Gasteiger partial charge in [0, 0.05) is 41.5 Å². The number of ether oxygens (including phenoxy) is 21. The molecule has 0 radical (unpaired) electrons. The quantitative estimate of drug-likeness (QED) is 0.0277. The normalized spacial score (nSPS) is 48.3. The van der Waals surface area contributed by atoms with E-state index in [0.717, 1.165) is 41.5 Å². The molecule has 0 saturated carbocycles. The lowest BCUT2D eigenvalue weighted by molar-refractivity contribution is -0.407. The molecule has 0 spiro atoms. The van der Waals surface area contributed by atoms with Crippen molar-refractivity contribution < 1.29 is 271 Å². The second-order valence-electron chi connectivity index (χ2n) is 35.3. The molecule has 11 aliphatic heterocycles. The van der Waals surface area contributed by atoms with Gasteiger partial charge in [0.2, 0.25) is 35.4 Å². The Morgan fingerprint density at radius 2 is 0.468 bits per heavy atom. The minimum Gasteiger partial charge on any atom is -0.394 e. The van der Waals surface area contributed by atoms with E-state index in [2.05, 4.69) is 31.9 Å². The zero-order valence-corrected chi connectivity index (χ0v) is 75.4. The molecule has 61 nitrogen and oxygen atoms in total. The van der Waals surface area contributed by atoms with Crippen molar-refractivity contribution in [2.75, 3.05) is 66.1 Å². The molecule has 11 heterocycles. The summed E-state index contributed by atoms with van der Waals surface area (Å²) in [5.41, 5.74) is 0. The summed E-state index contributed by atoms with van der Waals surface area (Å²) in [7, 11) is 0. The summed E-state index contributed by atoms with van der Waals surface area (Å²) in [6, 6.07) is -11.5. The fourth-order valence-electron chi connectivity index (χ4n) is 18.1. The van der Waals surface area contributed by atoms with Crippen molar-refractivity contribution >= 4 is 35.4 Å². The first-order chi connectivity index (χ1) is 65.7. The van der Waals surface area contributed by atoms with Gasteiger partial charge in [0.1, 0.15) is 262 Å². The summed E-state index contributed by atoms with van der Waals surface area (Å²) in [5, 5.41) is 333. The second kappa shape index (κ2) is 50.0. The smallest absolute Gasteiger partial charge is 0.217 e. The van der Waals surface area contributed by atoms with Gasteiger partial charge in [-0.25, -0.2) is 0 Å². The molecule has 11 aliphatic rings. The molecule has 802 valence electrons. The molecule has 55 atom stereocenters. The van der Waals surface area contributed by atoms with Gasteiger partial charge < -0.3 is 274 Å². The number of hydrogen-bond acceptors (Lipinski definition) is 55. The molecule has 0 aromatic heterocycles. The minimum atomic E-state index is -2.76. The maximum atomic E-state index is 13.7. The zero-order chi connectivity index (χ0) is 102. The van der Waals surface area contributed by atoms with Crippen LogP contribution in [0.15, 0.2) is 0 Å². The first kappa shape index (κ1) is 114. The summed E-state index contributed by atoms with van der Waals surface area (Å²) < 4.78 is 128. The highest BCUT2D eigenvalue weighted by Crippen LogP contribution is 2.43. The van der Waals surface area contributed by atoms with Crippen molar-refractivity contribution in [1.82, 2.24) is 31.9 Å². The fourth-order valence-corrected chi connectivity index (χ4v) is 18.1. The van der Waals surface area contributed by atoms with Gasteiger partial charge in [0.15, 0.2) is 69.2 Å². The van der Waals surface area contributed by atoms with Gasteiger partial charge in [-0.1, -0.05) is 0 Å². The number of carbonyl (C=O) groups is 6. The van der Waals surface area contributed by atoms with Gasteiger partial charge >= 0.3 is 0 Å². The average Bonchev–Trinajstić information content (AvgIpc) is 0.745. The summed E-state index contributed by atoms with van der Waals surface area (Å²) in [4.78, 5) is 77.8. The van der Waals surface area contributed by atoms with Crippen molar-refractivity contribution in [3.63, 3.8) is 0 Å². The Balaban J connectivity index is 1.01. The van der Waals surface area contributed by atoms with Crippen LogP contribution >= 0.6 is 0 Å². The Morgan fingerprint density at radius 3 is 0.921 bits per heavy atom. The predicted molar refractivity (Wildman–Crippen MR) is 430 cm³/mol. The van der Waals surface area contributed by atoms with Crippen LogP contribution in [0.1, 0.15) is 48.5 Å². The number of aliphatic hydroxyl groups is 28. The van der Waals surface area contributed by atoms with Gasteiger partial charge in [-0.15, -0.1) is 0 Å². The Morgan fingerprint density at radius 1 is 0.201 bits per heavy atom. The molecule has 11 fully saturated rings. The molecule has 0 unspecified atom stereocenters.